The summed E-state index contributed by atoms with van der Waals surface area (Å²) in [7, 11) is 1.25. The molecule has 0 aliphatic carbocycles. The fraction of sp³-hybridized carbons (Fsp3) is 0.300. The Morgan fingerprint density at radius 1 is 1.71 bits per heavy atom. The number of hydrogen-bond donors (Lipinski definition) is 3. The first kappa shape index (κ1) is 13.7. The van der Waals surface area contributed by atoms with Gasteiger partial charge in [-0.25, -0.2) is 4.39 Å². The molecule has 1 aromatic rings. The maximum Gasteiger partial charge on any atom is 0.320 e. The standard InChI is InChI=1S/C10H11BrFNO4/c1-17-9-4(2-7(13)10(15)16)5(11)3-6(12)8(9)14/h3,7,14H,2,13H2,1H3,(H,15,16). The van der Waals surface area contributed by atoms with Gasteiger partial charge in [-0.05, 0) is 6.07 Å². The number of nitrogens with two attached hydrogens (primary N) is 1. The summed E-state index contributed by atoms with van der Waals surface area (Å²) in [4.78, 5) is 10.6. The molecule has 4 N–H and O–H groups in total. The van der Waals surface area contributed by atoms with E-state index in [1.54, 1.807) is 0 Å². The normalized spacial score (nSPS) is 12.2. The zero-order valence-corrected chi connectivity index (χ0v) is 10.5. The first-order valence-corrected chi connectivity index (χ1v) is 5.40. The zero-order chi connectivity index (χ0) is 13.2. The van der Waals surface area contributed by atoms with Crippen molar-refractivity contribution in [3.8, 4) is 11.5 Å². The molecule has 7 heteroatoms. The third-order valence-corrected chi connectivity index (χ3v) is 2.91. The van der Waals surface area contributed by atoms with E-state index in [9.17, 15) is 14.3 Å². The van der Waals surface area contributed by atoms with Gasteiger partial charge in [0.25, 0.3) is 0 Å². The van der Waals surface area contributed by atoms with Gasteiger partial charge in [-0.15, -0.1) is 0 Å². The molecular weight excluding hydrogens is 297 g/mol. The van der Waals surface area contributed by atoms with Crippen LogP contribution in [0.25, 0.3) is 0 Å². The molecular formula is C10H11BrFNO4. The number of halogens is 2. The molecule has 1 rings (SSSR count). The summed E-state index contributed by atoms with van der Waals surface area (Å²) in [6.07, 6.45) is -0.0903. The Bertz CT molecular complexity index is 452. The molecule has 0 bridgehead atoms. The molecule has 0 fully saturated rings. The second-order valence-electron chi connectivity index (χ2n) is 3.35. The maximum absolute atomic E-state index is 13.2. The van der Waals surface area contributed by atoms with Crippen molar-refractivity contribution in [3.05, 3.63) is 21.9 Å². The topological polar surface area (TPSA) is 92.8 Å². The van der Waals surface area contributed by atoms with Crippen molar-refractivity contribution in [1.82, 2.24) is 0 Å². The molecule has 0 spiro atoms. The van der Waals surface area contributed by atoms with Gasteiger partial charge < -0.3 is 20.7 Å². The van der Waals surface area contributed by atoms with Gasteiger partial charge in [-0.3, -0.25) is 4.79 Å². The summed E-state index contributed by atoms with van der Waals surface area (Å²) < 4.78 is 18.3. The van der Waals surface area contributed by atoms with Crippen molar-refractivity contribution in [2.45, 2.75) is 12.5 Å². The molecule has 0 saturated heterocycles. The average molecular weight is 308 g/mol. The van der Waals surface area contributed by atoms with E-state index in [1.165, 1.54) is 7.11 Å². The number of rotatable bonds is 4. The third kappa shape index (κ3) is 2.86. The van der Waals surface area contributed by atoms with Crippen LogP contribution in [0.1, 0.15) is 5.56 Å². The molecule has 17 heavy (non-hydrogen) atoms. The second-order valence-corrected chi connectivity index (χ2v) is 4.20. The molecule has 94 valence electrons. The van der Waals surface area contributed by atoms with Gasteiger partial charge in [0.1, 0.15) is 6.04 Å². The van der Waals surface area contributed by atoms with Crippen molar-refractivity contribution >= 4 is 21.9 Å². The van der Waals surface area contributed by atoms with Gasteiger partial charge in [-0.1, -0.05) is 15.9 Å². The zero-order valence-electron chi connectivity index (χ0n) is 8.91. The van der Waals surface area contributed by atoms with Crippen molar-refractivity contribution < 1.29 is 24.1 Å². The summed E-state index contributed by atoms with van der Waals surface area (Å²) in [5.41, 5.74) is 5.68. The van der Waals surface area contributed by atoms with Gasteiger partial charge in [0, 0.05) is 16.5 Å². The number of aliphatic carboxylic acids is 1. The highest BCUT2D eigenvalue weighted by Gasteiger charge is 2.22. The molecule has 1 aromatic carbocycles. The fourth-order valence-corrected chi connectivity index (χ4v) is 1.89. The summed E-state index contributed by atoms with van der Waals surface area (Å²) >= 11 is 3.07. The van der Waals surface area contributed by atoms with Crippen molar-refractivity contribution in [2.24, 2.45) is 5.73 Å². The number of methoxy groups -OCH3 is 1. The SMILES string of the molecule is COc1c(O)c(F)cc(Br)c1CC(N)C(=O)O. The van der Waals surface area contributed by atoms with Gasteiger partial charge in [0.2, 0.25) is 0 Å². The lowest BCUT2D eigenvalue weighted by molar-refractivity contribution is -0.138. The fourth-order valence-electron chi connectivity index (χ4n) is 1.34. The minimum atomic E-state index is -1.19. The highest BCUT2D eigenvalue weighted by Crippen LogP contribution is 2.38. The van der Waals surface area contributed by atoms with E-state index in [0.29, 0.717) is 10.0 Å². The Balaban J connectivity index is 3.22. The number of aromatic hydroxyl groups is 1. The molecule has 0 amide bonds. The lowest BCUT2D eigenvalue weighted by Crippen LogP contribution is -2.32. The van der Waals surface area contributed by atoms with E-state index in [1.807, 2.05) is 0 Å². The van der Waals surface area contributed by atoms with Crippen molar-refractivity contribution in [2.75, 3.05) is 7.11 Å². The molecule has 1 unspecified atom stereocenters. The minimum absolute atomic E-state index is 0.0903. The highest BCUT2D eigenvalue weighted by molar-refractivity contribution is 9.10. The molecule has 0 aliphatic rings. The minimum Gasteiger partial charge on any atom is -0.502 e. The number of ether oxygens (including phenoxy) is 1. The van der Waals surface area contributed by atoms with Crippen LogP contribution in [0.5, 0.6) is 11.5 Å². The Labute approximate surface area is 105 Å². The van der Waals surface area contributed by atoms with E-state index in [4.69, 9.17) is 15.6 Å². The smallest absolute Gasteiger partial charge is 0.320 e. The molecule has 5 nitrogen and oxygen atoms in total. The van der Waals surface area contributed by atoms with E-state index in [-0.39, 0.29) is 12.2 Å². The first-order chi connectivity index (χ1) is 7.88. The van der Waals surface area contributed by atoms with Gasteiger partial charge in [-0.2, -0.15) is 0 Å². The van der Waals surface area contributed by atoms with E-state index >= 15 is 0 Å². The molecule has 0 saturated carbocycles. The first-order valence-electron chi connectivity index (χ1n) is 4.60. The average Bonchev–Trinajstić information content (AvgIpc) is 2.26. The third-order valence-electron chi connectivity index (χ3n) is 2.20. The van der Waals surface area contributed by atoms with E-state index < -0.39 is 23.6 Å². The number of hydrogen-bond acceptors (Lipinski definition) is 4. The second kappa shape index (κ2) is 5.33. The summed E-state index contributed by atoms with van der Waals surface area (Å²) in [5.74, 6) is -2.83. The number of phenolic OH excluding ortho intramolecular Hbond substituents is 1. The molecule has 0 aromatic heterocycles. The van der Waals surface area contributed by atoms with Gasteiger partial charge in [0.05, 0.1) is 7.11 Å². The molecule has 1 atom stereocenters. The van der Waals surface area contributed by atoms with Crippen LogP contribution in [0.2, 0.25) is 0 Å². The Kier molecular flexibility index (Phi) is 4.30. The molecule has 0 radical (unpaired) electrons. The number of phenols is 1. The van der Waals surface area contributed by atoms with Gasteiger partial charge >= 0.3 is 5.97 Å². The van der Waals surface area contributed by atoms with Crippen molar-refractivity contribution in [1.29, 1.82) is 0 Å². The maximum atomic E-state index is 13.2. The Hall–Kier alpha value is -1.34. The lowest BCUT2D eigenvalue weighted by Gasteiger charge is -2.14. The van der Waals surface area contributed by atoms with Crippen LogP contribution >= 0.6 is 15.9 Å². The summed E-state index contributed by atoms with van der Waals surface area (Å²) in [6.45, 7) is 0. The van der Waals surface area contributed by atoms with Crippen LogP contribution in [0.15, 0.2) is 10.5 Å². The summed E-state index contributed by atoms with van der Waals surface area (Å²) in [5, 5.41) is 18.1. The molecule has 0 heterocycles. The predicted octanol–water partition coefficient (Wildman–Crippen LogP) is 1.26. The largest absolute Gasteiger partial charge is 0.502 e. The Morgan fingerprint density at radius 2 is 2.29 bits per heavy atom. The van der Waals surface area contributed by atoms with Crippen LogP contribution in [-0.2, 0) is 11.2 Å². The van der Waals surface area contributed by atoms with Gasteiger partial charge in [0.15, 0.2) is 17.3 Å². The monoisotopic (exact) mass is 307 g/mol. The molecule has 0 aliphatic heterocycles. The van der Waals surface area contributed by atoms with Crippen LogP contribution in [0, 0.1) is 5.82 Å². The summed E-state index contributed by atoms with van der Waals surface area (Å²) in [6, 6.07) is -0.132. The predicted molar refractivity (Wildman–Crippen MR) is 61.6 cm³/mol. The van der Waals surface area contributed by atoms with Crippen LogP contribution in [0.4, 0.5) is 4.39 Å². The quantitative estimate of drug-likeness (QED) is 0.778. The number of carbonyl (C=O) groups is 1. The Morgan fingerprint density at radius 3 is 2.76 bits per heavy atom. The number of carboxylic acids is 1. The van der Waals surface area contributed by atoms with Crippen LogP contribution in [0.3, 0.4) is 0 Å². The lowest BCUT2D eigenvalue weighted by atomic mass is 10.0. The van der Waals surface area contributed by atoms with E-state index in [0.717, 1.165) is 6.07 Å². The van der Waals surface area contributed by atoms with Crippen LogP contribution < -0.4 is 10.5 Å². The van der Waals surface area contributed by atoms with Crippen molar-refractivity contribution in [3.63, 3.8) is 0 Å². The number of benzene rings is 1. The highest BCUT2D eigenvalue weighted by atomic mass is 79.9. The van der Waals surface area contributed by atoms with Crippen LogP contribution in [-0.4, -0.2) is 29.3 Å². The number of carboxylic acid groups (broad SMARTS) is 1. The van der Waals surface area contributed by atoms with E-state index in [2.05, 4.69) is 15.9 Å².